The molecule has 2 aliphatic rings. The summed E-state index contributed by atoms with van der Waals surface area (Å²) in [6, 6.07) is 8.64. The van der Waals surface area contributed by atoms with Gasteiger partial charge in [0.25, 0.3) is 0 Å². The molecule has 0 saturated carbocycles. The van der Waals surface area contributed by atoms with Crippen molar-refractivity contribution in [3.05, 3.63) is 41.2 Å². The molecule has 2 saturated heterocycles. The summed E-state index contributed by atoms with van der Waals surface area (Å²) in [5.74, 6) is 0.0617. The lowest BCUT2D eigenvalue weighted by Gasteiger charge is -2.35. The zero-order valence-corrected chi connectivity index (χ0v) is 17.7. The molecule has 0 aliphatic carbocycles. The first kappa shape index (κ1) is 19.5. The van der Waals surface area contributed by atoms with E-state index in [-0.39, 0.29) is 12.0 Å². The molecule has 2 unspecified atom stereocenters. The number of nitrogens with one attached hydrogen (secondary N) is 1. The minimum atomic E-state index is 0.0617. The minimum absolute atomic E-state index is 0.0617. The third-order valence-electron chi connectivity index (χ3n) is 6.61. The summed E-state index contributed by atoms with van der Waals surface area (Å²) in [5.41, 5.74) is 4.93. The first-order valence-corrected chi connectivity index (χ1v) is 11.0. The molecule has 3 aromatic rings. The van der Waals surface area contributed by atoms with Crippen LogP contribution in [0.5, 0.6) is 0 Å². The van der Waals surface area contributed by atoms with Gasteiger partial charge in [-0.3, -0.25) is 9.69 Å². The molecule has 7 heteroatoms. The molecule has 0 bridgehead atoms. The van der Waals surface area contributed by atoms with Crippen LogP contribution in [0.1, 0.15) is 36.2 Å². The number of aryl methyl sites for hydroxylation is 2. The van der Waals surface area contributed by atoms with E-state index in [1.54, 1.807) is 0 Å². The number of nitrogens with zero attached hydrogens (tertiary/aromatic N) is 4. The Morgan fingerprint density at radius 3 is 3.07 bits per heavy atom. The lowest BCUT2D eigenvalue weighted by atomic mass is 10.1. The smallest absolute Gasteiger partial charge is 0.220 e. The van der Waals surface area contributed by atoms with Crippen molar-refractivity contribution in [3.8, 4) is 0 Å². The lowest BCUT2D eigenvalue weighted by Crippen LogP contribution is -2.50. The second-order valence-corrected chi connectivity index (χ2v) is 8.56. The van der Waals surface area contributed by atoms with Crippen LogP contribution < -0.4 is 5.32 Å². The Kier molecular flexibility index (Phi) is 5.16. The summed E-state index contributed by atoms with van der Waals surface area (Å²) in [5, 5.41) is 8.82. The molecule has 2 atom stereocenters. The standard InChI is InChI=1S/C23H29N5O2/c1-15-19(16(2)28-23(25-15)20-7-3-4-8-21(20)26-28)9-10-22(29)24-12-18-13-27-11-5-6-17(27)14-30-18/h3-4,7-8,17-18H,5-6,9-14H2,1-2H3,(H,24,29). The maximum Gasteiger partial charge on any atom is 0.220 e. The highest BCUT2D eigenvalue weighted by Crippen LogP contribution is 2.24. The summed E-state index contributed by atoms with van der Waals surface area (Å²) in [7, 11) is 0. The van der Waals surface area contributed by atoms with Gasteiger partial charge in [-0.05, 0) is 57.4 Å². The van der Waals surface area contributed by atoms with Crippen LogP contribution >= 0.6 is 0 Å². The van der Waals surface area contributed by atoms with Gasteiger partial charge < -0.3 is 10.1 Å². The van der Waals surface area contributed by atoms with Crippen LogP contribution in [-0.2, 0) is 16.0 Å². The van der Waals surface area contributed by atoms with Crippen LogP contribution in [0.15, 0.2) is 24.3 Å². The van der Waals surface area contributed by atoms with Crippen LogP contribution in [0.4, 0.5) is 0 Å². The number of fused-ring (bicyclic) bond motifs is 4. The molecule has 7 nitrogen and oxygen atoms in total. The maximum absolute atomic E-state index is 12.5. The molecular formula is C23H29N5O2. The number of amides is 1. The van der Waals surface area contributed by atoms with Crippen molar-refractivity contribution >= 4 is 22.5 Å². The molecular weight excluding hydrogens is 378 g/mol. The van der Waals surface area contributed by atoms with E-state index in [0.29, 0.717) is 25.4 Å². The van der Waals surface area contributed by atoms with Gasteiger partial charge >= 0.3 is 0 Å². The Bertz CT molecular complexity index is 1090. The molecule has 0 radical (unpaired) electrons. The predicted molar refractivity (Wildman–Crippen MR) is 116 cm³/mol. The number of carbonyl (C=O) groups excluding carboxylic acids is 1. The van der Waals surface area contributed by atoms with Gasteiger partial charge in [-0.25, -0.2) is 9.50 Å². The van der Waals surface area contributed by atoms with Crippen molar-refractivity contribution in [3.63, 3.8) is 0 Å². The number of ether oxygens (including phenoxy) is 1. The molecule has 1 aromatic carbocycles. The zero-order valence-electron chi connectivity index (χ0n) is 17.7. The molecule has 158 valence electrons. The van der Waals surface area contributed by atoms with Crippen LogP contribution in [0, 0.1) is 13.8 Å². The highest BCUT2D eigenvalue weighted by molar-refractivity contribution is 5.92. The number of rotatable bonds is 5. The van der Waals surface area contributed by atoms with Gasteiger partial charge in [-0.15, -0.1) is 0 Å². The Labute approximate surface area is 176 Å². The van der Waals surface area contributed by atoms with Crippen molar-refractivity contribution in [2.45, 2.75) is 51.7 Å². The number of benzene rings is 1. The fourth-order valence-electron chi connectivity index (χ4n) is 4.90. The van der Waals surface area contributed by atoms with E-state index in [9.17, 15) is 4.79 Å². The van der Waals surface area contributed by atoms with E-state index < -0.39 is 0 Å². The topological polar surface area (TPSA) is 71.8 Å². The number of hydrogen-bond acceptors (Lipinski definition) is 5. The summed E-state index contributed by atoms with van der Waals surface area (Å²) in [4.78, 5) is 19.8. The largest absolute Gasteiger partial charge is 0.373 e. The van der Waals surface area contributed by atoms with Gasteiger partial charge in [0.1, 0.15) is 0 Å². The SMILES string of the molecule is Cc1nc2c3ccccc3nn2c(C)c1CCC(=O)NCC1CN2CCCC2CO1. The number of hydrogen-bond donors (Lipinski definition) is 1. The fourth-order valence-corrected chi connectivity index (χ4v) is 4.90. The van der Waals surface area contributed by atoms with E-state index in [1.807, 2.05) is 35.7 Å². The molecule has 2 aromatic heterocycles. The quantitative estimate of drug-likeness (QED) is 0.703. The molecule has 1 amide bonds. The van der Waals surface area contributed by atoms with Gasteiger partial charge in [0, 0.05) is 42.3 Å². The number of aromatic nitrogens is 3. The highest BCUT2D eigenvalue weighted by Gasteiger charge is 2.32. The highest BCUT2D eigenvalue weighted by atomic mass is 16.5. The molecule has 2 fully saturated rings. The van der Waals surface area contributed by atoms with Gasteiger partial charge in [0.2, 0.25) is 5.91 Å². The fraction of sp³-hybridized carbons (Fsp3) is 0.522. The summed E-state index contributed by atoms with van der Waals surface area (Å²) >= 11 is 0. The van der Waals surface area contributed by atoms with Crippen molar-refractivity contribution in [1.82, 2.24) is 24.8 Å². The van der Waals surface area contributed by atoms with Crippen LogP contribution in [-0.4, -0.2) is 63.8 Å². The van der Waals surface area contributed by atoms with Crippen LogP contribution in [0.3, 0.4) is 0 Å². The molecule has 1 N–H and O–H groups in total. The second-order valence-electron chi connectivity index (χ2n) is 8.56. The predicted octanol–water partition coefficient (Wildman–Crippen LogP) is 2.41. The average Bonchev–Trinajstić information content (AvgIpc) is 3.36. The normalized spacial score (nSPS) is 21.9. The monoisotopic (exact) mass is 407 g/mol. The van der Waals surface area contributed by atoms with Crippen LogP contribution in [0.25, 0.3) is 16.6 Å². The Morgan fingerprint density at radius 1 is 1.30 bits per heavy atom. The Hall–Kier alpha value is -2.51. The number of carbonyl (C=O) groups is 1. The van der Waals surface area contributed by atoms with Crippen LogP contribution in [0.2, 0.25) is 0 Å². The first-order chi connectivity index (χ1) is 14.6. The molecule has 0 spiro atoms. The van der Waals surface area contributed by atoms with E-state index in [1.165, 1.54) is 12.8 Å². The number of morpholine rings is 1. The second kappa shape index (κ2) is 7.96. The van der Waals surface area contributed by atoms with E-state index in [2.05, 4.69) is 17.1 Å². The van der Waals surface area contributed by atoms with Crippen molar-refractivity contribution in [2.24, 2.45) is 0 Å². The van der Waals surface area contributed by atoms with E-state index in [0.717, 1.165) is 53.2 Å². The molecule has 2 aliphatic heterocycles. The first-order valence-electron chi connectivity index (χ1n) is 11.0. The lowest BCUT2D eigenvalue weighted by molar-refractivity contribution is -0.122. The summed E-state index contributed by atoms with van der Waals surface area (Å²) in [6.45, 7) is 7.55. The van der Waals surface area contributed by atoms with E-state index >= 15 is 0 Å². The maximum atomic E-state index is 12.5. The van der Waals surface area contributed by atoms with Gasteiger partial charge in [-0.2, -0.15) is 5.10 Å². The Balaban J connectivity index is 1.22. The summed E-state index contributed by atoms with van der Waals surface area (Å²) < 4.78 is 7.85. The van der Waals surface area contributed by atoms with E-state index in [4.69, 9.17) is 14.8 Å². The molecule has 30 heavy (non-hydrogen) atoms. The van der Waals surface area contributed by atoms with Crippen molar-refractivity contribution in [2.75, 3.05) is 26.2 Å². The molecule has 5 rings (SSSR count). The Morgan fingerprint density at radius 2 is 2.17 bits per heavy atom. The average molecular weight is 408 g/mol. The zero-order chi connectivity index (χ0) is 20.7. The molecule has 4 heterocycles. The van der Waals surface area contributed by atoms with Gasteiger partial charge in [0.05, 0.1) is 18.2 Å². The summed E-state index contributed by atoms with van der Waals surface area (Å²) in [6.07, 6.45) is 3.69. The third kappa shape index (κ3) is 3.56. The van der Waals surface area contributed by atoms with Gasteiger partial charge in [0.15, 0.2) is 5.65 Å². The third-order valence-corrected chi connectivity index (χ3v) is 6.61. The van der Waals surface area contributed by atoms with Crippen molar-refractivity contribution in [1.29, 1.82) is 0 Å². The minimum Gasteiger partial charge on any atom is -0.373 e. The van der Waals surface area contributed by atoms with Crippen molar-refractivity contribution < 1.29 is 9.53 Å². The van der Waals surface area contributed by atoms with Gasteiger partial charge in [-0.1, -0.05) is 12.1 Å².